The largest absolute Gasteiger partial charge is 0.396 e. The molecule has 1 aromatic rings. The van der Waals surface area contributed by atoms with Crippen LogP contribution in [0.4, 0.5) is 11.5 Å². The molecule has 2 heterocycles. The maximum absolute atomic E-state index is 5.80. The van der Waals surface area contributed by atoms with E-state index < -0.39 is 0 Å². The first kappa shape index (κ1) is 7.40. The van der Waals surface area contributed by atoms with Crippen LogP contribution in [-0.2, 0) is 0 Å². The van der Waals surface area contributed by atoms with Crippen LogP contribution in [0.1, 0.15) is 12.1 Å². The Bertz CT molecular complexity index is 292. The number of hydrogen-bond acceptors (Lipinski definition) is 3. The second kappa shape index (κ2) is 2.66. The molecule has 1 aromatic heterocycles. The SMILES string of the molecule is Cc1ccc(N)c(N2CCC2)n1. The van der Waals surface area contributed by atoms with Gasteiger partial charge in [-0.1, -0.05) is 0 Å². The minimum absolute atomic E-state index is 0.792. The van der Waals surface area contributed by atoms with Crippen LogP contribution in [0.2, 0.25) is 0 Å². The quantitative estimate of drug-likeness (QED) is 0.676. The monoisotopic (exact) mass is 163 g/mol. The second-order valence-corrected chi connectivity index (χ2v) is 3.21. The molecule has 2 rings (SSSR count). The van der Waals surface area contributed by atoms with Crippen LogP contribution in [0.5, 0.6) is 0 Å². The summed E-state index contributed by atoms with van der Waals surface area (Å²) in [6, 6.07) is 3.87. The molecule has 1 saturated heterocycles. The summed E-state index contributed by atoms with van der Waals surface area (Å²) in [7, 11) is 0. The van der Waals surface area contributed by atoms with E-state index in [1.165, 1.54) is 6.42 Å². The van der Waals surface area contributed by atoms with Crippen LogP contribution in [0.15, 0.2) is 12.1 Å². The van der Waals surface area contributed by atoms with E-state index in [1.807, 2.05) is 19.1 Å². The van der Waals surface area contributed by atoms with Crippen LogP contribution in [-0.4, -0.2) is 18.1 Å². The molecule has 3 heteroatoms. The van der Waals surface area contributed by atoms with Gasteiger partial charge in [0.1, 0.15) is 0 Å². The average molecular weight is 163 g/mol. The van der Waals surface area contributed by atoms with Crippen molar-refractivity contribution in [2.75, 3.05) is 23.7 Å². The van der Waals surface area contributed by atoms with Gasteiger partial charge in [0, 0.05) is 18.8 Å². The second-order valence-electron chi connectivity index (χ2n) is 3.21. The molecule has 0 aromatic carbocycles. The normalized spacial score (nSPS) is 15.9. The lowest BCUT2D eigenvalue weighted by atomic mass is 10.2. The fraction of sp³-hybridized carbons (Fsp3) is 0.444. The van der Waals surface area contributed by atoms with E-state index in [2.05, 4.69) is 9.88 Å². The maximum atomic E-state index is 5.80. The van der Waals surface area contributed by atoms with Gasteiger partial charge in [0.05, 0.1) is 5.69 Å². The summed E-state index contributed by atoms with van der Waals surface area (Å²) in [5.74, 6) is 0.959. The molecule has 1 aliphatic rings. The number of nitrogens with zero attached hydrogens (tertiary/aromatic N) is 2. The number of aryl methyl sites for hydroxylation is 1. The van der Waals surface area contributed by atoms with Crippen molar-refractivity contribution >= 4 is 11.5 Å². The van der Waals surface area contributed by atoms with Gasteiger partial charge >= 0.3 is 0 Å². The van der Waals surface area contributed by atoms with E-state index >= 15 is 0 Å². The van der Waals surface area contributed by atoms with Crippen molar-refractivity contribution in [1.82, 2.24) is 4.98 Å². The van der Waals surface area contributed by atoms with Gasteiger partial charge in [-0.2, -0.15) is 0 Å². The zero-order valence-electron chi connectivity index (χ0n) is 7.25. The van der Waals surface area contributed by atoms with Crippen molar-refractivity contribution in [2.24, 2.45) is 0 Å². The fourth-order valence-electron chi connectivity index (χ4n) is 1.34. The van der Waals surface area contributed by atoms with Crippen LogP contribution >= 0.6 is 0 Å². The molecule has 1 aliphatic heterocycles. The lowest BCUT2D eigenvalue weighted by molar-refractivity contribution is 0.610. The highest BCUT2D eigenvalue weighted by Gasteiger charge is 2.17. The summed E-state index contributed by atoms with van der Waals surface area (Å²) < 4.78 is 0. The molecule has 0 amide bonds. The predicted octanol–water partition coefficient (Wildman–Crippen LogP) is 1.18. The third-order valence-electron chi connectivity index (χ3n) is 2.20. The number of anilines is 2. The summed E-state index contributed by atoms with van der Waals surface area (Å²) in [6.45, 7) is 4.18. The summed E-state index contributed by atoms with van der Waals surface area (Å²) in [5.41, 5.74) is 7.62. The van der Waals surface area contributed by atoms with Crippen LogP contribution in [0, 0.1) is 6.92 Å². The van der Waals surface area contributed by atoms with Crippen LogP contribution in [0.3, 0.4) is 0 Å². The highest BCUT2D eigenvalue weighted by atomic mass is 15.2. The molecule has 2 N–H and O–H groups in total. The van der Waals surface area contributed by atoms with Crippen LogP contribution < -0.4 is 10.6 Å². The number of rotatable bonds is 1. The van der Waals surface area contributed by atoms with Gasteiger partial charge in [-0.25, -0.2) is 4.98 Å². The number of hydrogen-bond donors (Lipinski definition) is 1. The molecule has 3 nitrogen and oxygen atoms in total. The Balaban J connectivity index is 2.34. The molecule has 0 radical (unpaired) electrons. The van der Waals surface area contributed by atoms with Gasteiger partial charge in [-0.05, 0) is 25.5 Å². The van der Waals surface area contributed by atoms with Gasteiger partial charge in [0.2, 0.25) is 0 Å². The van der Waals surface area contributed by atoms with Gasteiger partial charge in [0.25, 0.3) is 0 Å². The Morgan fingerprint density at radius 1 is 1.42 bits per heavy atom. The summed E-state index contributed by atoms with van der Waals surface area (Å²) in [4.78, 5) is 6.61. The standard InChI is InChI=1S/C9H13N3/c1-7-3-4-8(10)9(11-7)12-5-2-6-12/h3-4H,2,5-6,10H2,1H3. The van der Waals surface area contributed by atoms with Crippen LogP contribution in [0.25, 0.3) is 0 Å². The molecule has 64 valence electrons. The van der Waals surface area contributed by atoms with Gasteiger partial charge in [0.15, 0.2) is 5.82 Å². The highest BCUT2D eigenvalue weighted by molar-refractivity contribution is 5.63. The summed E-state index contributed by atoms with van der Waals surface area (Å²) >= 11 is 0. The van der Waals surface area contributed by atoms with Gasteiger partial charge < -0.3 is 10.6 Å². The first-order valence-electron chi connectivity index (χ1n) is 4.25. The third kappa shape index (κ3) is 1.11. The van der Waals surface area contributed by atoms with E-state index in [-0.39, 0.29) is 0 Å². The Hall–Kier alpha value is -1.25. The van der Waals surface area contributed by atoms with E-state index in [1.54, 1.807) is 0 Å². The third-order valence-corrected chi connectivity index (χ3v) is 2.20. The molecule has 0 aliphatic carbocycles. The molecular formula is C9H13N3. The summed E-state index contributed by atoms with van der Waals surface area (Å²) in [6.07, 6.45) is 1.26. The molecule has 0 unspecified atom stereocenters. The highest BCUT2D eigenvalue weighted by Crippen LogP contribution is 2.24. The van der Waals surface area contributed by atoms with Crippen molar-refractivity contribution in [1.29, 1.82) is 0 Å². The smallest absolute Gasteiger partial charge is 0.152 e. The lowest BCUT2D eigenvalue weighted by Crippen LogP contribution is -2.38. The maximum Gasteiger partial charge on any atom is 0.152 e. The van der Waals surface area contributed by atoms with Crippen molar-refractivity contribution in [3.8, 4) is 0 Å². The number of nitrogen functional groups attached to an aromatic ring is 1. The van der Waals surface area contributed by atoms with Gasteiger partial charge in [-0.3, -0.25) is 0 Å². The molecule has 0 spiro atoms. The topological polar surface area (TPSA) is 42.1 Å². The zero-order chi connectivity index (χ0) is 8.55. The zero-order valence-corrected chi connectivity index (χ0v) is 7.25. The Morgan fingerprint density at radius 2 is 2.17 bits per heavy atom. The van der Waals surface area contributed by atoms with E-state index in [4.69, 9.17) is 5.73 Å². The molecular weight excluding hydrogens is 150 g/mol. The molecule has 12 heavy (non-hydrogen) atoms. The molecule has 0 bridgehead atoms. The Morgan fingerprint density at radius 3 is 2.75 bits per heavy atom. The number of pyridine rings is 1. The molecule has 1 fully saturated rings. The van der Waals surface area contributed by atoms with Crippen molar-refractivity contribution in [3.63, 3.8) is 0 Å². The Labute approximate surface area is 72.2 Å². The van der Waals surface area contributed by atoms with Gasteiger partial charge in [-0.15, -0.1) is 0 Å². The molecule has 0 saturated carbocycles. The number of nitrogens with two attached hydrogens (primary N) is 1. The number of aromatic nitrogens is 1. The molecule has 0 atom stereocenters. The lowest BCUT2D eigenvalue weighted by Gasteiger charge is -2.32. The van der Waals surface area contributed by atoms with E-state index in [0.29, 0.717) is 0 Å². The van der Waals surface area contributed by atoms with Crippen molar-refractivity contribution in [2.45, 2.75) is 13.3 Å². The van der Waals surface area contributed by atoms with Crippen molar-refractivity contribution in [3.05, 3.63) is 17.8 Å². The Kier molecular flexibility index (Phi) is 1.64. The first-order chi connectivity index (χ1) is 5.77. The predicted molar refractivity (Wildman–Crippen MR) is 50.2 cm³/mol. The summed E-state index contributed by atoms with van der Waals surface area (Å²) in [5, 5.41) is 0. The van der Waals surface area contributed by atoms with Crippen molar-refractivity contribution < 1.29 is 0 Å². The van der Waals surface area contributed by atoms with E-state index in [0.717, 1.165) is 30.3 Å². The van der Waals surface area contributed by atoms with E-state index in [9.17, 15) is 0 Å². The average Bonchev–Trinajstić information content (AvgIpc) is 1.93. The minimum atomic E-state index is 0.792. The minimum Gasteiger partial charge on any atom is -0.396 e. The fourth-order valence-corrected chi connectivity index (χ4v) is 1.34. The first-order valence-corrected chi connectivity index (χ1v) is 4.25.